The first kappa shape index (κ1) is 13.4. The van der Waals surface area contributed by atoms with Gasteiger partial charge in [-0.05, 0) is 52.3 Å². The van der Waals surface area contributed by atoms with Crippen molar-refractivity contribution < 1.29 is 4.74 Å². The predicted molar refractivity (Wildman–Crippen MR) is 71.8 cm³/mol. The van der Waals surface area contributed by atoms with Gasteiger partial charge in [-0.2, -0.15) is 0 Å². The fourth-order valence-corrected chi connectivity index (χ4v) is 2.52. The molecule has 1 unspecified atom stereocenters. The van der Waals surface area contributed by atoms with Crippen LogP contribution in [0.2, 0.25) is 0 Å². The largest absolute Gasteiger partial charge is 0.378 e. The second kappa shape index (κ2) is 6.25. The van der Waals surface area contributed by atoms with E-state index in [0.717, 1.165) is 49.6 Å². The zero-order chi connectivity index (χ0) is 13.0. The number of likely N-dealkylation sites (N-methyl/N-ethyl adjacent to an activating group) is 1. The molecule has 0 spiro atoms. The van der Waals surface area contributed by atoms with Gasteiger partial charge in [0.2, 0.25) is 0 Å². The van der Waals surface area contributed by atoms with Crippen LogP contribution in [0.1, 0.15) is 35.6 Å². The van der Waals surface area contributed by atoms with Gasteiger partial charge in [0.1, 0.15) is 5.82 Å². The summed E-state index contributed by atoms with van der Waals surface area (Å²) >= 11 is 0. The van der Waals surface area contributed by atoms with E-state index in [4.69, 9.17) is 4.74 Å². The summed E-state index contributed by atoms with van der Waals surface area (Å²) in [5, 5.41) is 3.17. The Balaban J connectivity index is 2.08. The lowest BCUT2D eigenvalue weighted by Crippen LogP contribution is -2.16. The van der Waals surface area contributed by atoms with Gasteiger partial charge in [-0.3, -0.25) is 0 Å². The van der Waals surface area contributed by atoms with Gasteiger partial charge in [0, 0.05) is 24.4 Å². The monoisotopic (exact) mass is 249 g/mol. The minimum Gasteiger partial charge on any atom is -0.378 e. The highest BCUT2D eigenvalue weighted by Gasteiger charge is 2.18. The quantitative estimate of drug-likeness (QED) is 0.860. The normalized spacial score (nSPS) is 19.4. The van der Waals surface area contributed by atoms with Crippen LogP contribution in [-0.2, 0) is 17.6 Å². The fraction of sp³-hybridized carbons (Fsp3) is 0.714. The third kappa shape index (κ3) is 3.27. The van der Waals surface area contributed by atoms with Crippen LogP contribution < -0.4 is 5.32 Å². The van der Waals surface area contributed by atoms with E-state index in [1.54, 1.807) is 0 Å². The zero-order valence-corrected chi connectivity index (χ0v) is 11.6. The topological polar surface area (TPSA) is 47.0 Å². The number of aromatic nitrogens is 2. The van der Waals surface area contributed by atoms with Crippen molar-refractivity contribution in [3.05, 3.63) is 22.8 Å². The Morgan fingerprint density at radius 3 is 2.56 bits per heavy atom. The smallest absolute Gasteiger partial charge is 0.131 e. The minimum atomic E-state index is 0.326. The lowest BCUT2D eigenvalue weighted by molar-refractivity contribution is 0.110. The predicted octanol–water partition coefficient (Wildman–Crippen LogP) is 1.58. The van der Waals surface area contributed by atoms with Crippen LogP contribution >= 0.6 is 0 Å². The second-order valence-corrected chi connectivity index (χ2v) is 4.98. The van der Waals surface area contributed by atoms with E-state index in [9.17, 15) is 0 Å². The molecular weight excluding hydrogens is 226 g/mol. The van der Waals surface area contributed by atoms with Crippen LogP contribution in [0.3, 0.4) is 0 Å². The number of aryl methyl sites for hydroxylation is 2. The fourth-order valence-electron chi connectivity index (χ4n) is 2.52. The van der Waals surface area contributed by atoms with E-state index in [2.05, 4.69) is 29.1 Å². The molecule has 0 aromatic carbocycles. The van der Waals surface area contributed by atoms with E-state index in [1.807, 2.05) is 7.05 Å². The van der Waals surface area contributed by atoms with E-state index in [1.165, 1.54) is 12.0 Å². The molecule has 1 atom stereocenters. The summed E-state index contributed by atoms with van der Waals surface area (Å²) in [5.41, 5.74) is 3.51. The number of nitrogens with one attached hydrogen (secondary N) is 1. The van der Waals surface area contributed by atoms with Crippen molar-refractivity contribution in [3.8, 4) is 0 Å². The van der Waals surface area contributed by atoms with Crippen LogP contribution in [0, 0.1) is 13.8 Å². The molecule has 0 aliphatic carbocycles. The molecule has 2 heterocycles. The molecule has 1 aromatic rings. The number of hydrogen-bond acceptors (Lipinski definition) is 4. The number of nitrogens with zero attached hydrogens (tertiary/aromatic N) is 2. The molecule has 4 heteroatoms. The van der Waals surface area contributed by atoms with Crippen molar-refractivity contribution in [3.63, 3.8) is 0 Å². The van der Waals surface area contributed by atoms with Crippen molar-refractivity contribution in [2.24, 2.45) is 0 Å². The van der Waals surface area contributed by atoms with Gasteiger partial charge >= 0.3 is 0 Å². The Morgan fingerprint density at radius 2 is 2.00 bits per heavy atom. The van der Waals surface area contributed by atoms with E-state index in [0.29, 0.717) is 6.10 Å². The van der Waals surface area contributed by atoms with Crippen LogP contribution in [-0.4, -0.2) is 36.3 Å². The average molecular weight is 249 g/mol. The summed E-state index contributed by atoms with van der Waals surface area (Å²) in [6.45, 7) is 6.02. The molecule has 2 rings (SSSR count). The van der Waals surface area contributed by atoms with Crippen LogP contribution in [0.15, 0.2) is 0 Å². The van der Waals surface area contributed by atoms with Crippen molar-refractivity contribution in [2.45, 2.75) is 45.6 Å². The maximum absolute atomic E-state index is 5.64. The van der Waals surface area contributed by atoms with Crippen molar-refractivity contribution in [1.82, 2.24) is 15.3 Å². The molecule has 18 heavy (non-hydrogen) atoms. The molecule has 1 saturated heterocycles. The third-order valence-corrected chi connectivity index (χ3v) is 3.53. The first-order valence-electron chi connectivity index (χ1n) is 6.80. The lowest BCUT2D eigenvalue weighted by Gasteiger charge is -2.13. The van der Waals surface area contributed by atoms with Gasteiger partial charge in [0.15, 0.2) is 0 Å². The van der Waals surface area contributed by atoms with Crippen molar-refractivity contribution >= 4 is 0 Å². The third-order valence-electron chi connectivity index (χ3n) is 3.53. The molecule has 1 aliphatic rings. The Kier molecular flexibility index (Phi) is 4.66. The minimum absolute atomic E-state index is 0.326. The number of rotatable bonds is 5. The van der Waals surface area contributed by atoms with Gasteiger partial charge < -0.3 is 10.1 Å². The van der Waals surface area contributed by atoms with Gasteiger partial charge in [-0.25, -0.2) is 9.97 Å². The Morgan fingerprint density at radius 1 is 1.28 bits per heavy atom. The SMILES string of the molecule is CNCCc1c(C)nc(CC2CCCO2)nc1C. The molecule has 1 aromatic heterocycles. The average Bonchev–Trinajstić information content (AvgIpc) is 2.81. The summed E-state index contributed by atoms with van der Waals surface area (Å²) < 4.78 is 5.64. The highest BCUT2D eigenvalue weighted by Crippen LogP contribution is 2.17. The standard InChI is InChI=1S/C14H23N3O/c1-10-13(6-7-15-3)11(2)17-14(16-10)9-12-5-4-8-18-12/h12,15H,4-9H2,1-3H3. The molecule has 0 saturated carbocycles. The lowest BCUT2D eigenvalue weighted by atomic mass is 10.1. The molecule has 0 bridgehead atoms. The van der Waals surface area contributed by atoms with Crippen molar-refractivity contribution in [1.29, 1.82) is 0 Å². The molecule has 1 N–H and O–H groups in total. The molecule has 1 aliphatic heterocycles. The summed E-state index contributed by atoms with van der Waals surface area (Å²) in [5.74, 6) is 0.935. The van der Waals surface area contributed by atoms with E-state index >= 15 is 0 Å². The van der Waals surface area contributed by atoms with Gasteiger partial charge in [-0.15, -0.1) is 0 Å². The summed E-state index contributed by atoms with van der Waals surface area (Å²) in [7, 11) is 1.97. The maximum Gasteiger partial charge on any atom is 0.131 e. The Bertz CT molecular complexity index is 377. The van der Waals surface area contributed by atoms with E-state index in [-0.39, 0.29) is 0 Å². The number of ether oxygens (including phenoxy) is 1. The van der Waals surface area contributed by atoms with Crippen LogP contribution in [0.4, 0.5) is 0 Å². The molecule has 4 nitrogen and oxygen atoms in total. The number of hydrogen-bond donors (Lipinski definition) is 1. The van der Waals surface area contributed by atoms with Gasteiger partial charge in [0.25, 0.3) is 0 Å². The highest BCUT2D eigenvalue weighted by atomic mass is 16.5. The second-order valence-electron chi connectivity index (χ2n) is 4.98. The Labute approximate surface area is 109 Å². The zero-order valence-electron chi connectivity index (χ0n) is 11.6. The first-order chi connectivity index (χ1) is 8.70. The van der Waals surface area contributed by atoms with Gasteiger partial charge in [-0.1, -0.05) is 0 Å². The maximum atomic E-state index is 5.64. The highest BCUT2D eigenvalue weighted by molar-refractivity contribution is 5.24. The summed E-state index contributed by atoms with van der Waals surface area (Å²) in [6.07, 6.45) is 4.49. The first-order valence-corrected chi connectivity index (χ1v) is 6.80. The summed E-state index contributed by atoms with van der Waals surface area (Å²) in [4.78, 5) is 9.26. The van der Waals surface area contributed by atoms with Gasteiger partial charge in [0.05, 0.1) is 6.10 Å². The Hall–Kier alpha value is -1.00. The molecule has 0 amide bonds. The summed E-state index contributed by atoms with van der Waals surface area (Å²) in [6, 6.07) is 0. The molecule has 100 valence electrons. The van der Waals surface area contributed by atoms with E-state index < -0.39 is 0 Å². The van der Waals surface area contributed by atoms with Crippen LogP contribution in [0.25, 0.3) is 0 Å². The molecule has 1 fully saturated rings. The van der Waals surface area contributed by atoms with Crippen molar-refractivity contribution in [2.75, 3.05) is 20.2 Å². The molecule has 0 radical (unpaired) electrons. The van der Waals surface area contributed by atoms with Crippen LogP contribution in [0.5, 0.6) is 0 Å². The molecular formula is C14H23N3O.